The summed E-state index contributed by atoms with van der Waals surface area (Å²) in [6.07, 6.45) is 0. The Morgan fingerprint density at radius 3 is 2.00 bits per heavy atom. The molecule has 0 spiro atoms. The van der Waals surface area contributed by atoms with Gasteiger partial charge in [-0.3, -0.25) is 0 Å². The van der Waals surface area contributed by atoms with Gasteiger partial charge in [0.2, 0.25) is 0 Å². The van der Waals surface area contributed by atoms with E-state index in [1.807, 2.05) is 20.8 Å². The van der Waals surface area contributed by atoms with E-state index >= 15 is 0 Å². The normalized spacial score (nSPS) is 13.4. The fourth-order valence-electron chi connectivity index (χ4n) is 1.21. The van der Waals surface area contributed by atoms with Gasteiger partial charge in [0.05, 0.1) is 7.11 Å². The maximum atomic E-state index is 11.8. The highest BCUT2D eigenvalue weighted by atomic mass is 32.2. The summed E-state index contributed by atoms with van der Waals surface area (Å²) in [5, 5.41) is 0. The van der Waals surface area contributed by atoms with Gasteiger partial charge >= 0.3 is 10.1 Å². The number of ether oxygens (including phenoxy) is 1. The molecule has 4 nitrogen and oxygen atoms in total. The van der Waals surface area contributed by atoms with Gasteiger partial charge in [0.25, 0.3) is 0 Å². The standard InChI is InChI=1S/C13H19O4S/c1-10(2)11(3)9-18(14,15)17-13-7-5-12(16-4)6-8-13/h5-11H,1-4H3. The van der Waals surface area contributed by atoms with Crippen molar-refractivity contribution in [1.82, 2.24) is 0 Å². The zero-order chi connectivity index (χ0) is 13.8. The molecule has 0 amide bonds. The molecule has 18 heavy (non-hydrogen) atoms. The molecule has 1 radical (unpaired) electrons. The molecule has 5 heteroatoms. The molecule has 1 aromatic carbocycles. The summed E-state index contributed by atoms with van der Waals surface area (Å²) in [4.78, 5) is 0. The fourth-order valence-corrected chi connectivity index (χ4v) is 2.49. The summed E-state index contributed by atoms with van der Waals surface area (Å²) < 4.78 is 33.5. The number of methoxy groups -OCH3 is 1. The Morgan fingerprint density at radius 1 is 1.06 bits per heavy atom. The zero-order valence-corrected chi connectivity index (χ0v) is 11.9. The van der Waals surface area contributed by atoms with Crippen LogP contribution in [0.1, 0.15) is 20.8 Å². The molecule has 0 aromatic heterocycles. The Hall–Kier alpha value is -1.23. The number of rotatable bonds is 6. The smallest absolute Gasteiger partial charge is 0.313 e. The van der Waals surface area contributed by atoms with Gasteiger partial charge in [-0.05, 0) is 36.1 Å². The van der Waals surface area contributed by atoms with Crippen LogP contribution in [0.2, 0.25) is 0 Å². The minimum absolute atomic E-state index is 0.0618. The fraction of sp³-hybridized carbons (Fsp3) is 0.462. The summed E-state index contributed by atoms with van der Waals surface area (Å²) in [5.74, 6) is 2.36. The quantitative estimate of drug-likeness (QED) is 0.747. The number of benzene rings is 1. The van der Waals surface area contributed by atoms with E-state index < -0.39 is 10.1 Å². The maximum absolute atomic E-state index is 11.8. The van der Waals surface area contributed by atoms with Crippen molar-refractivity contribution in [3.8, 4) is 11.5 Å². The Labute approximate surface area is 109 Å². The first-order valence-corrected chi connectivity index (χ1v) is 7.24. The van der Waals surface area contributed by atoms with E-state index in [2.05, 4.69) is 0 Å². The first-order chi connectivity index (χ1) is 8.34. The van der Waals surface area contributed by atoms with Crippen molar-refractivity contribution in [3.05, 3.63) is 30.0 Å². The van der Waals surface area contributed by atoms with Crippen molar-refractivity contribution < 1.29 is 17.3 Å². The molecule has 0 aliphatic rings. The number of hydrogen-bond acceptors (Lipinski definition) is 4. The van der Waals surface area contributed by atoms with Crippen LogP contribution in [0.3, 0.4) is 0 Å². The topological polar surface area (TPSA) is 52.6 Å². The molecule has 0 fully saturated rings. The van der Waals surface area contributed by atoms with E-state index in [4.69, 9.17) is 8.92 Å². The first kappa shape index (κ1) is 14.8. The van der Waals surface area contributed by atoms with Crippen LogP contribution in [-0.2, 0) is 10.1 Å². The van der Waals surface area contributed by atoms with E-state index in [9.17, 15) is 8.42 Å². The van der Waals surface area contributed by atoms with Crippen LogP contribution in [0, 0.1) is 17.6 Å². The second-order valence-electron chi connectivity index (χ2n) is 4.49. The van der Waals surface area contributed by atoms with E-state index in [-0.39, 0.29) is 17.6 Å². The van der Waals surface area contributed by atoms with Crippen molar-refractivity contribution in [3.63, 3.8) is 0 Å². The maximum Gasteiger partial charge on any atom is 0.313 e. The largest absolute Gasteiger partial charge is 0.497 e. The van der Waals surface area contributed by atoms with Gasteiger partial charge in [-0.15, -0.1) is 0 Å². The minimum Gasteiger partial charge on any atom is -0.497 e. The SMILES string of the molecule is COc1ccc(OS(=O)(=O)[CH]C(C)C(C)C)cc1. The third-order valence-corrected chi connectivity index (χ3v) is 3.89. The van der Waals surface area contributed by atoms with Gasteiger partial charge in [-0.2, -0.15) is 8.42 Å². The number of hydrogen-bond donors (Lipinski definition) is 0. The molecular weight excluding hydrogens is 252 g/mol. The molecule has 0 aliphatic heterocycles. The van der Waals surface area contributed by atoms with Crippen LogP contribution < -0.4 is 8.92 Å². The van der Waals surface area contributed by atoms with Crippen molar-refractivity contribution in [1.29, 1.82) is 0 Å². The van der Waals surface area contributed by atoms with Crippen molar-refractivity contribution in [2.45, 2.75) is 20.8 Å². The van der Waals surface area contributed by atoms with Gasteiger partial charge in [0.15, 0.2) is 0 Å². The lowest BCUT2D eigenvalue weighted by atomic mass is 10.0. The molecule has 0 aliphatic carbocycles. The Morgan fingerprint density at radius 2 is 1.56 bits per heavy atom. The Kier molecular flexibility index (Phi) is 5.02. The lowest BCUT2D eigenvalue weighted by molar-refractivity contribution is 0.413. The van der Waals surface area contributed by atoms with Crippen LogP contribution in [-0.4, -0.2) is 15.5 Å². The second-order valence-corrected chi connectivity index (χ2v) is 5.92. The van der Waals surface area contributed by atoms with Crippen LogP contribution in [0.4, 0.5) is 0 Å². The van der Waals surface area contributed by atoms with Crippen LogP contribution in [0.5, 0.6) is 11.5 Å². The third-order valence-electron chi connectivity index (χ3n) is 2.70. The molecule has 0 heterocycles. The molecule has 1 aromatic rings. The molecule has 0 saturated carbocycles. The molecule has 1 rings (SSSR count). The zero-order valence-electron chi connectivity index (χ0n) is 11.1. The van der Waals surface area contributed by atoms with Crippen molar-refractivity contribution in [2.24, 2.45) is 11.8 Å². The lowest BCUT2D eigenvalue weighted by Gasteiger charge is -2.15. The summed E-state index contributed by atoms with van der Waals surface area (Å²) in [7, 11) is -2.12. The molecule has 101 valence electrons. The van der Waals surface area contributed by atoms with Crippen molar-refractivity contribution >= 4 is 10.1 Å². The Balaban J connectivity index is 2.70. The monoisotopic (exact) mass is 271 g/mol. The highest BCUT2D eigenvalue weighted by molar-refractivity contribution is 7.89. The van der Waals surface area contributed by atoms with Crippen LogP contribution in [0.15, 0.2) is 24.3 Å². The highest BCUT2D eigenvalue weighted by Gasteiger charge is 2.20. The van der Waals surface area contributed by atoms with Gasteiger partial charge in [0, 0.05) is 0 Å². The van der Waals surface area contributed by atoms with E-state index in [1.54, 1.807) is 31.4 Å². The summed E-state index contributed by atoms with van der Waals surface area (Å²) in [6.45, 7) is 5.77. The van der Waals surface area contributed by atoms with E-state index in [1.165, 1.54) is 5.75 Å². The highest BCUT2D eigenvalue weighted by Crippen LogP contribution is 2.22. The summed E-state index contributed by atoms with van der Waals surface area (Å²) >= 11 is 0. The molecule has 0 N–H and O–H groups in total. The van der Waals surface area contributed by atoms with Crippen LogP contribution >= 0.6 is 0 Å². The van der Waals surface area contributed by atoms with Crippen LogP contribution in [0.25, 0.3) is 0 Å². The van der Waals surface area contributed by atoms with Crippen molar-refractivity contribution in [2.75, 3.05) is 7.11 Å². The van der Waals surface area contributed by atoms with E-state index in [0.717, 1.165) is 0 Å². The lowest BCUT2D eigenvalue weighted by Crippen LogP contribution is -2.17. The Bertz CT molecular complexity index is 462. The molecular formula is C13H19O4S. The molecule has 0 bridgehead atoms. The van der Waals surface area contributed by atoms with Gasteiger partial charge in [-0.1, -0.05) is 20.8 Å². The van der Waals surface area contributed by atoms with Gasteiger partial charge in [-0.25, -0.2) is 0 Å². The summed E-state index contributed by atoms with van der Waals surface area (Å²) in [6, 6.07) is 6.42. The van der Waals surface area contributed by atoms with E-state index in [0.29, 0.717) is 5.75 Å². The average molecular weight is 271 g/mol. The molecule has 0 saturated heterocycles. The van der Waals surface area contributed by atoms with Gasteiger partial charge < -0.3 is 8.92 Å². The first-order valence-electron chi connectivity index (χ1n) is 5.77. The third kappa shape index (κ3) is 4.56. The predicted molar refractivity (Wildman–Crippen MR) is 70.8 cm³/mol. The molecule has 1 unspecified atom stereocenters. The second kappa shape index (κ2) is 6.09. The van der Waals surface area contributed by atoms with Gasteiger partial charge in [0.1, 0.15) is 17.3 Å². The molecule has 1 atom stereocenters. The predicted octanol–water partition coefficient (Wildman–Crippen LogP) is 2.86. The average Bonchev–Trinajstić information content (AvgIpc) is 2.28. The minimum atomic E-state index is -3.66. The summed E-state index contributed by atoms with van der Waals surface area (Å²) in [5.41, 5.74) is 0.